The molecule has 0 saturated heterocycles. The van der Waals surface area contributed by atoms with Crippen LogP contribution in [0.5, 0.6) is 0 Å². The first-order valence-corrected chi connectivity index (χ1v) is 3.59. The lowest BCUT2D eigenvalue weighted by Crippen LogP contribution is -1.97. The summed E-state index contributed by atoms with van der Waals surface area (Å²) in [6.45, 7) is 1.67. The van der Waals surface area contributed by atoms with E-state index >= 15 is 0 Å². The third kappa shape index (κ3) is 1.77. The molecule has 0 atom stereocenters. The van der Waals surface area contributed by atoms with Gasteiger partial charge in [-0.2, -0.15) is 0 Å². The van der Waals surface area contributed by atoms with Crippen LogP contribution >= 0.6 is 11.3 Å². The fourth-order valence-electron chi connectivity index (χ4n) is 0.613. The first-order chi connectivity index (χ1) is 4.68. The lowest BCUT2D eigenvalue weighted by molar-refractivity contribution is -0.497. The molecular weight excluding hydrogens is 152 g/mol. The van der Waals surface area contributed by atoms with Crippen molar-refractivity contribution in [3.8, 4) is 0 Å². The van der Waals surface area contributed by atoms with Crippen molar-refractivity contribution in [2.45, 2.75) is 13.5 Å². The maximum absolute atomic E-state index is 9.95. The second-order valence-corrected chi connectivity index (χ2v) is 2.91. The highest BCUT2D eigenvalue weighted by Gasteiger charge is 2.03. The van der Waals surface area contributed by atoms with Crippen LogP contribution in [0.15, 0.2) is 5.38 Å². The summed E-state index contributed by atoms with van der Waals surface area (Å²) in [6.07, 6.45) is 0. The molecule has 0 aliphatic heterocycles. The van der Waals surface area contributed by atoms with Gasteiger partial charge in [0.05, 0.1) is 5.01 Å². The summed E-state index contributed by atoms with van der Waals surface area (Å²) >= 11 is 1.43. The Balaban J connectivity index is 2.67. The van der Waals surface area contributed by atoms with Gasteiger partial charge >= 0.3 is 0 Å². The van der Waals surface area contributed by atoms with E-state index in [0.717, 1.165) is 5.01 Å². The average Bonchev–Trinajstić information content (AvgIpc) is 2.13. The molecule has 0 bridgehead atoms. The highest BCUT2D eigenvalue weighted by Crippen LogP contribution is 2.07. The van der Waals surface area contributed by atoms with Crippen LogP contribution in [-0.2, 0) is 6.54 Å². The molecule has 0 aliphatic carbocycles. The zero-order valence-corrected chi connectivity index (χ0v) is 6.22. The van der Waals surface area contributed by atoms with Crippen molar-refractivity contribution in [3.63, 3.8) is 0 Å². The van der Waals surface area contributed by atoms with Gasteiger partial charge in [0, 0.05) is 10.3 Å². The molecule has 5 heteroatoms. The maximum Gasteiger partial charge on any atom is 0.246 e. The molecule has 1 aromatic heterocycles. The van der Waals surface area contributed by atoms with Gasteiger partial charge in [0.25, 0.3) is 0 Å². The molecule has 0 aliphatic rings. The molecule has 0 amide bonds. The van der Waals surface area contributed by atoms with Crippen LogP contribution in [0.2, 0.25) is 0 Å². The van der Waals surface area contributed by atoms with Gasteiger partial charge in [-0.1, -0.05) is 0 Å². The van der Waals surface area contributed by atoms with Crippen molar-refractivity contribution in [2.24, 2.45) is 0 Å². The summed E-state index contributed by atoms with van der Waals surface area (Å²) in [4.78, 5) is 13.5. The lowest BCUT2D eigenvalue weighted by atomic mass is 10.5. The third-order valence-corrected chi connectivity index (χ3v) is 1.78. The van der Waals surface area contributed by atoms with Gasteiger partial charge in [-0.25, -0.2) is 4.98 Å². The summed E-state index contributed by atoms with van der Waals surface area (Å²) < 4.78 is 0. The first kappa shape index (κ1) is 7.14. The average molecular weight is 158 g/mol. The number of aromatic nitrogens is 1. The Morgan fingerprint density at radius 3 is 3.00 bits per heavy atom. The normalized spacial score (nSPS) is 9.70. The number of aryl methyl sites for hydroxylation is 1. The second kappa shape index (κ2) is 2.74. The van der Waals surface area contributed by atoms with E-state index in [-0.39, 0.29) is 11.5 Å². The first-order valence-electron chi connectivity index (χ1n) is 2.71. The van der Waals surface area contributed by atoms with Crippen molar-refractivity contribution >= 4 is 11.3 Å². The molecule has 0 fully saturated rings. The van der Waals surface area contributed by atoms with E-state index in [1.54, 1.807) is 5.38 Å². The Morgan fingerprint density at radius 1 is 1.90 bits per heavy atom. The van der Waals surface area contributed by atoms with E-state index in [4.69, 9.17) is 0 Å². The lowest BCUT2D eigenvalue weighted by Gasteiger charge is -1.84. The van der Waals surface area contributed by atoms with E-state index in [2.05, 4.69) is 4.98 Å². The predicted molar refractivity (Wildman–Crippen MR) is 37.5 cm³/mol. The number of hydrogen-bond acceptors (Lipinski definition) is 4. The molecule has 0 aromatic carbocycles. The quantitative estimate of drug-likeness (QED) is 0.480. The SMILES string of the molecule is Cc1nc(C[N+](=O)[O-])cs1. The van der Waals surface area contributed by atoms with E-state index < -0.39 is 0 Å². The van der Waals surface area contributed by atoms with Crippen LogP contribution in [0.25, 0.3) is 0 Å². The maximum atomic E-state index is 9.95. The minimum atomic E-state index is -0.380. The fraction of sp³-hybridized carbons (Fsp3) is 0.400. The second-order valence-electron chi connectivity index (χ2n) is 1.85. The summed E-state index contributed by atoms with van der Waals surface area (Å²) in [5, 5.41) is 12.5. The molecule has 4 nitrogen and oxygen atoms in total. The molecule has 0 radical (unpaired) electrons. The number of nitrogens with zero attached hydrogens (tertiary/aromatic N) is 2. The van der Waals surface area contributed by atoms with Crippen LogP contribution in [0.1, 0.15) is 10.7 Å². The van der Waals surface area contributed by atoms with E-state index in [1.807, 2.05) is 6.92 Å². The Kier molecular flexibility index (Phi) is 1.96. The van der Waals surface area contributed by atoms with Crippen LogP contribution < -0.4 is 0 Å². The monoisotopic (exact) mass is 158 g/mol. The molecule has 1 heterocycles. The van der Waals surface area contributed by atoms with Crippen molar-refractivity contribution in [2.75, 3.05) is 0 Å². The van der Waals surface area contributed by atoms with Crippen LogP contribution in [0.3, 0.4) is 0 Å². The van der Waals surface area contributed by atoms with Crippen molar-refractivity contribution in [1.82, 2.24) is 4.98 Å². The molecule has 54 valence electrons. The number of rotatable bonds is 2. The Hall–Kier alpha value is -0.970. The van der Waals surface area contributed by atoms with E-state index in [0.29, 0.717) is 5.69 Å². The molecule has 0 N–H and O–H groups in total. The van der Waals surface area contributed by atoms with Gasteiger partial charge in [-0.15, -0.1) is 11.3 Å². The summed E-state index contributed by atoms with van der Waals surface area (Å²) in [7, 11) is 0. The molecular formula is C5H6N2O2S. The highest BCUT2D eigenvalue weighted by atomic mass is 32.1. The molecule has 1 rings (SSSR count). The standard InChI is InChI=1S/C5H6N2O2S/c1-4-6-5(3-10-4)2-7(8)9/h3H,2H2,1H3. The summed E-state index contributed by atoms with van der Waals surface area (Å²) in [5.74, 6) is 0. The van der Waals surface area contributed by atoms with Gasteiger partial charge < -0.3 is 0 Å². The van der Waals surface area contributed by atoms with Gasteiger partial charge in [-0.05, 0) is 6.92 Å². The van der Waals surface area contributed by atoms with E-state index in [1.165, 1.54) is 11.3 Å². The zero-order chi connectivity index (χ0) is 7.56. The molecule has 0 spiro atoms. The van der Waals surface area contributed by atoms with Gasteiger partial charge in [0.15, 0.2) is 0 Å². The molecule has 0 saturated carbocycles. The van der Waals surface area contributed by atoms with Crippen LogP contribution in [0, 0.1) is 17.0 Å². The topological polar surface area (TPSA) is 56.0 Å². The minimum Gasteiger partial charge on any atom is -0.264 e. The van der Waals surface area contributed by atoms with E-state index in [9.17, 15) is 10.1 Å². The van der Waals surface area contributed by atoms with Crippen molar-refractivity contribution in [1.29, 1.82) is 0 Å². The van der Waals surface area contributed by atoms with Crippen molar-refractivity contribution < 1.29 is 4.92 Å². The number of hydrogen-bond donors (Lipinski definition) is 0. The number of nitro groups is 1. The Labute approximate surface area is 61.7 Å². The van der Waals surface area contributed by atoms with Crippen molar-refractivity contribution in [3.05, 3.63) is 26.2 Å². The summed E-state index contributed by atoms with van der Waals surface area (Å²) in [6, 6.07) is 0. The zero-order valence-electron chi connectivity index (χ0n) is 5.40. The summed E-state index contributed by atoms with van der Waals surface area (Å²) in [5.41, 5.74) is 0.549. The molecule has 10 heavy (non-hydrogen) atoms. The molecule has 1 aromatic rings. The predicted octanol–water partition coefficient (Wildman–Crippen LogP) is 1.23. The third-order valence-electron chi connectivity index (χ3n) is 0.958. The minimum absolute atomic E-state index is 0.162. The Bertz CT molecular complexity index is 246. The highest BCUT2D eigenvalue weighted by molar-refractivity contribution is 7.09. The largest absolute Gasteiger partial charge is 0.264 e. The smallest absolute Gasteiger partial charge is 0.246 e. The van der Waals surface area contributed by atoms with Gasteiger partial charge in [0.1, 0.15) is 5.69 Å². The Morgan fingerprint density at radius 2 is 2.60 bits per heavy atom. The fourth-order valence-corrected chi connectivity index (χ4v) is 1.22. The van der Waals surface area contributed by atoms with Gasteiger partial charge in [-0.3, -0.25) is 10.1 Å². The number of thiazole rings is 1. The molecule has 0 unspecified atom stereocenters. The van der Waals surface area contributed by atoms with Gasteiger partial charge in [0.2, 0.25) is 6.54 Å². The van der Waals surface area contributed by atoms with Crippen LogP contribution in [0.4, 0.5) is 0 Å². The van der Waals surface area contributed by atoms with Crippen LogP contribution in [-0.4, -0.2) is 9.91 Å².